The summed E-state index contributed by atoms with van der Waals surface area (Å²) in [5.41, 5.74) is 0. The van der Waals surface area contributed by atoms with Crippen LogP contribution >= 0.6 is 0 Å². The fourth-order valence-corrected chi connectivity index (χ4v) is 0.407. The zero-order valence-electron chi connectivity index (χ0n) is 10.9. The molecule has 0 aliphatic carbocycles. The fraction of sp³-hybridized carbons (Fsp3) is 0.636. The number of carbonyl (C=O) groups excluding carboxylic acids is 4. The van der Waals surface area contributed by atoms with E-state index in [0.717, 1.165) is 0 Å². The van der Waals surface area contributed by atoms with Crippen LogP contribution in [0.15, 0.2) is 0 Å². The van der Waals surface area contributed by atoms with Crippen molar-refractivity contribution in [3.63, 3.8) is 0 Å². The van der Waals surface area contributed by atoms with Crippen LogP contribution in [0.3, 0.4) is 0 Å². The summed E-state index contributed by atoms with van der Waals surface area (Å²) in [6.07, 6.45) is 0.338. The Labute approximate surface area is 115 Å². The van der Waals surface area contributed by atoms with Gasteiger partial charge >= 0.3 is 34.9 Å². The molecule has 0 amide bonds. The van der Waals surface area contributed by atoms with Crippen molar-refractivity contribution in [1.82, 2.24) is 0 Å². The van der Waals surface area contributed by atoms with E-state index in [-0.39, 0.29) is 11.6 Å². The standard InChI is InChI=1S/2C4H6O3.C3H7.Al/c2*1-3(5)2-4(6)7;1-3-2;/h2*2H2,1H3,(H,6,7);1,3H2,2H3;/q;;;+2/p-2. The van der Waals surface area contributed by atoms with Crippen molar-refractivity contribution in [2.24, 2.45) is 0 Å². The van der Waals surface area contributed by atoms with Gasteiger partial charge in [-0.25, -0.2) is 0 Å². The topological polar surface area (TPSA) is 114 Å². The molecular formula is C11H17AlO6. The van der Waals surface area contributed by atoms with E-state index in [1.807, 2.05) is 0 Å². The van der Waals surface area contributed by atoms with E-state index in [4.69, 9.17) is 0 Å². The van der Waals surface area contributed by atoms with Gasteiger partial charge in [0.15, 0.2) is 0 Å². The summed E-state index contributed by atoms with van der Waals surface area (Å²) in [5.74, 6) is -3.37. The first-order valence-electron chi connectivity index (χ1n) is 5.25. The Balaban J connectivity index is -0.000000196. The van der Waals surface area contributed by atoms with Crippen LogP contribution in [0, 0.1) is 0 Å². The van der Waals surface area contributed by atoms with E-state index < -0.39 is 24.8 Å². The monoisotopic (exact) mass is 272 g/mol. The summed E-state index contributed by atoms with van der Waals surface area (Å²) in [6.45, 7) is 4.57. The molecule has 0 fully saturated rings. The maximum atomic E-state index is 9.83. The first-order chi connectivity index (χ1) is 8.17. The molecule has 0 aromatic rings. The summed E-state index contributed by atoms with van der Waals surface area (Å²) in [5, 5.41) is 20.2. The number of ketones is 2. The van der Waals surface area contributed by atoms with Crippen molar-refractivity contribution in [2.75, 3.05) is 0 Å². The second-order valence-electron chi connectivity index (χ2n) is 3.29. The minimum atomic E-state index is -1.31. The van der Waals surface area contributed by atoms with Gasteiger partial charge in [0.2, 0.25) is 0 Å². The van der Waals surface area contributed by atoms with Crippen molar-refractivity contribution in [2.45, 2.75) is 45.3 Å². The number of Topliss-reactive ketones (excluding diaryl/α,β-unsaturated/α-hetero) is 2. The number of hydrogen-bond acceptors (Lipinski definition) is 6. The molecule has 7 heteroatoms. The third-order valence-electron chi connectivity index (χ3n) is 1.08. The zero-order valence-corrected chi connectivity index (χ0v) is 12.0. The van der Waals surface area contributed by atoms with E-state index >= 15 is 0 Å². The fourth-order valence-electron chi connectivity index (χ4n) is 0.407. The van der Waals surface area contributed by atoms with Gasteiger partial charge in [0.25, 0.3) is 0 Å². The average Bonchev–Trinajstić information content (AvgIpc) is 2.14. The Hall–Kier alpha value is -1.19. The molecule has 0 aliphatic rings. The number of carboxylic acids is 2. The van der Waals surface area contributed by atoms with E-state index in [1.54, 1.807) is 0 Å². The van der Waals surface area contributed by atoms with Gasteiger partial charge in [0, 0.05) is 24.8 Å². The Morgan fingerprint density at radius 3 is 1.11 bits per heavy atom. The Kier molecular flexibility index (Phi) is 19.4. The van der Waals surface area contributed by atoms with Gasteiger partial charge in [-0.2, -0.15) is 0 Å². The van der Waals surface area contributed by atoms with Gasteiger partial charge in [0.05, 0.1) is 0 Å². The van der Waals surface area contributed by atoms with E-state index in [0.29, 0.717) is 0 Å². The van der Waals surface area contributed by atoms with Crippen LogP contribution < -0.4 is 10.2 Å². The van der Waals surface area contributed by atoms with Crippen molar-refractivity contribution in [3.8, 4) is 0 Å². The second-order valence-corrected chi connectivity index (χ2v) is 3.87. The molecule has 0 N–H and O–H groups in total. The minimum absolute atomic E-state index is 0.375. The van der Waals surface area contributed by atoms with Gasteiger partial charge in [-0.15, -0.1) is 0 Å². The Morgan fingerprint density at radius 1 is 0.889 bits per heavy atom. The van der Waals surface area contributed by atoms with Crippen LogP contribution in [-0.4, -0.2) is 39.8 Å². The maximum absolute atomic E-state index is 9.83. The van der Waals surface area contributed by atoms with Crippen LogP contribution in [0.4, 0.5) is 0 Å². The van der Waals surface area contributed by atoms with Crippen LogP contribution in [-0.2, 0) is 19.2 Å². The predicted octanol–water partition coefficient (Wildman–Crippen LogP) is -1.59. The number of hydrogen-bond donors (Lipinski definition) is 0. The van der Waals surface area contributed by atoms with Crippen molar-refractivity contribution in [3.05, 3.63) is 0 Å². The van der Waals surface area contributed by atoms with E-state index in [9.17, 15) is 29.4 Å². The third kappa shape index (κ3) is 46.3. The van der Waals surface area contributed by atoms with Crippen LogP contribution in [0.2, 0.25) is 5.28 Å². The normalized spacial score (nSPS) is 8.06. The van der Waals surface area contributed by atoms with Crippen LogP contribution in [0.25, 0.3) is 0 Å². The SMILES string of the molecule is CC(=O)CC(=O)[O-].CC(=O)CC(=O)[O-].CC[CH2][Al+2]. The number of carboxylic acid groups (broad SMARTS) is 2. The molecule has 0 aromatic heterocycles. The van der Waals surface area contributed by atoms with Gasteiger partial charge in [-0.3, -0.25) is 9.59 Å². The van der Waals surface area contributed by atoms with E-state index in [1.165, 1.54) is 25.6 Å². The van der Waals surface area contributed by atoms with Gasteiger partial charge in [-0.05, 0) is 13.8 Å². The Morgan fingerprint density at radius 2 is 1.11 bits per heavy atom. The molecule has 0 atom stereocenters. The predicted molar refractivity (Wildman–Crippen MR) is 61.5 cm³/mol. The first-order valence-corrected chi connectivity index (χ1v) is 6.07. The number of carbonyl (C=O) groups is 4. The summed E-state index contributed by atoms with van der Waals surface area (Å²) >= 11 is 2.66. The zero-order chi connectivity index (χ0) is 15.1. The number of aliphatic carboxylic acids is 2. The van der Waals surface area contributed by atoms with E-state index in [2.05, 4.69) is 23.2 Å². The molecule has 18 heavy (non-hydrogen) atoms. The van der Waals surface area contributed by atoms with Crippen molar-refractivity contribution < 1.29 is 29.4 Å². The Bertz CT molecular complexity index is 223. The van der Waals surface area contributed by atoms with Crippen LogP contribution in [0.1, 0.15) is 40.0 Å². The molecule has 0 aliphatic heterocycles. The average molecular weight is 272 g/mol. The molecule has 0 saturated heterocycles. The molecule has 6 nitrogen and oxygen atoms in total. The van der Waals surface area contributed by atoms with Gasteiger partial charge in [-0.1, -0.05) is 0 Å². The molecule has 0 radical (unpaired) electrons. The molecule has 0 unspecified atom stereocenters. The summed E-state index contributed by atoms with van der Waals surface area (Å²) in [4.78, 5) is 38.6. The molecule has 100 valence electrons. The summed E-state index contributed by atoms with van der Waals surface area (Å²) in [6, 6.07) is 0. The first kappa shape index (κ1) is 22.0. The van der Waals surface area contributed by atoms with Crippen LogP contribution in [0.5, 0.6) is 0 Å². The molecule has 0 saturated carbocycles. The van der Waals surface area contributed by atoms with Crippen molar-refractivity contribution in [1.29, 1.82) is 0 Å². The van der Waals surface area contributed by atoms with Gasteiger partial charge < -0.3 is 19.8 Å². The third-order valence-corrected chi connectivity index (χ3v) is 1.65. The summed E-state index contributed by atoms with van der Waals surface area (Å²) in [7, 11) is 0. The molecular weight excluding hydrogens is 255 g/mol. The summed E-state index contributed by atoms with van der Waals surface area (Å²) < 4.78 is 0. The second kappa shape index (κ2) is 15.8. The molecule has 0 rings (SSSR count). The molecule has 0 heterocycles. The molecule has 0 bridgehead atoms. The quantitative estimate of drug-likeness (QED) is 0.440. The molecule has 0 aromatic carbocycles. The molecule has 0 spiro atoms. The van der Waals surface area contributed by atoms with Gasteiger partial charge in [0.1, 0.15) is 11.6 Å². The van der Waals surface area contributed by atoms with Crippen molar-refractivity contribution >= 4 is 39.8 Å². The number of rotatable bonds is 5.